The first-order valence-corrected chi connectivity index (χ1v) is 11.9. The summed E-state index contributed by atoms with van der Waals surface area (Å²) >= 11 is 0. The van der Waals surface area contributed by atoms with Gasteiger partial charge in [-0.2, -0.15) is 0 Å². The summed E-state index contributed by atoms with van der Waals surface area (Å²) in [4.78, 5) is 28.8. The fraction of sp³-hybridized carbons (Fsp3) is 0.200. The Morgan fingerprint density at radius 3 is 2.57 bits per heavy atom. The minimum absolute atomic E-state index is 0.00649. The summed E-state index contributed by atoms with van der Waals surface area (Å²) < 4.78 is 5.54. The monoisotopic (exact) mass is 464 g/mol. The number of nitrogens with one attached hydrogen (secondary N) is 2. The average Bonchev–Trinajstić information content (AvgIpc) is 3.28. The molecule has 1 amide bonds. The molecule has 5 rings (SSSR count). The van der Waals surface area contributed by atoms with Crippen molar-refractivity contribution >= 4 is 27.8 Å². The third-order valence-electron chi connectivity index (χ3n) is 6.75. The van der Waals surface area contributed by atoms with Crippen LogP contribution in [0.2, 0.25) is 0 Å². The van der Waals surface area contributed by atoms with Gasteiger partial charge < -0.3 is 14.7 Å². The standard InChI is InChI=1S/C30H28N2O3/c1-19-12-13-22-20(2)23(30(34)35-28(22)16-19)14-15-29(33)32-17-25(21-8-4-3-5-9-21)26-18-31-27-11-7-6-10-24(26)27/h3-13,16,18,25,31H,14-15,17H2,1-2H3,(H,32,33). The van der Waals surface area contributed by atoms with Gasteiger partial charge in [-0.1, -0.05) is 60.7 Å². The van der Waals surface area contributed by atoms with Crippen molar-refractivity contribution in [3.8, 4) is 0 Å². The number of rotatable bonds is 7. The number of amides is 1. The summed E-state index contributed by atoms with van der Waals surface area (Å²) in [5, 5.41) is 5.16. The highest BCUT2D eigenvalue weighted by Gasteiger charge is 2.19. The largest absolute Gasteiger partial charge is 0.423 e. The van der Waals surface area contributed by atoms with E-state index in [0.29, 0.717) is 24.1 Å². The Hall–Kier alpha value is -4.12. The van der Waals surface area contributed by atoms with Crippen LogP contribution in [0, 0.1) is 13.8 Å². The van der Waals surface area contributed by atoms with Crippen LogP contribution in [0.3, 0.4) is 0 Å². The number of fused-ring (bicyclic) bond motifs is 2. The van der Waals surface area contributed by atoms with Crippen LogP contribution >= 0.6 is 0 Å². The Kier molecular flexibility index (Phi) is 6.23. The number of carbonyl (C=O) groups excluding carboxylic acids is 1. The number of aromatic nitrogens is 1. The number of H-pyrrole nitrogens is 1. The summed E-state index contributed by atoms with van der Waals surface area (Å²) in [5.41, 5.74) is 6.06. The predicted octanol–water partition coefficient (Wildman–Crippen LogP) is 5.77. The van der Waals surface area contributed by atoms with Crippen molar-refractivity contribution in [1.29, 1.82) is 0 Å². The molecule has 5 nitrogen and oxygen atoms in total. The summed E-state index contributed by atoms with van der Waals surface area (Å²) in [7, 11) is 0. The Bertz CT molecular complexity index is 1560. The Morgan fingerprint density at radius 2 is 1.74 bits per heavy atom. The molecule has 0 spiro atoms. The zero-order valence-electron chi connectivity index (χ0n) is 19.9. The van der Waals surface area contributed by atoms with Gasteiger partial charge in [0.25, 0.3) is 0 Å². The Balaban J connectivity index is 1.33. The summed E-state index contributed by atoms with van der Waals surface area (Å²) in [6, 6.07) is 24.2. The van der Waals surface area contributed by atoms with E-state index in [2.05, 4.69) is 34.6 Å². The lowest BCUT2D eigenvalue weighted by atomic mass is 9.91. The van der Waals surface area contributed by atoms with Crippen molar-refractivity contribution in [2.75, 3.05) is 6.54 Å². The van der Waals surface area contributed by atoms with Gasteiger partial charge in [0.05, 0.1) is 0 Å². The van der Waals surface area contributed by atoms with Gasteiger partial charge >= 0.3 is 5.63 Å². The molecule has 2 N–H and O–H groups in total. The maximum Gasteiger partial charge on any atom is 0.339 e. The molecule has 176 valence electrons. The molecule has 0 radical (unpaired) electrons. The average molecular weight is 465 g/mol. The normalized spacial score (nSPS) is 12.2. The van der Waals surface area contributed by atoms with Crippen LogP contribution in [0.25, 0.3) is 21.9 Å². The van der Waals surface area contributed by atoms with Crippen molar-refractivity contribution in [1.82, 2.24) is 10.3 Å². The van der Waals surface area contributed by atoms with Crippen LogP contribution in [0.4, 0.5) is 0 Å². The Morgan fingerprint density at radius 1 is 0.971 bits per heavy atom. The minimum atomic E-state index is -0.366. The molecule has 0 aliphatic rings. The summed E-state index contributed by atoms with van der Waals surface area (Å²) in [6.07, 6.45) is 2.59. The van der Waals surface area contributed by atoms with Crippen molar-refractivity contribution in [2.24, 2.45) is 0 Å². The first kappa shape index (κ1) is 22.7. The second-order valence-electron chi connectivity index (χ2n) is 9.05. The fourth-order valence-electron chi connectivity index (χ4n) is 4.81. The number of hydrogen-bond acceptors (Lipinski definition) is 3. The quantitative estimate of drug-likeness (QED) is 0.300. The maximum atomic E-state index is 12.9. The number of benzene rings is 3. The molecule has 0 aliphatic carbocycles. The molecular formula is C30H28N2O3. The topological polar surface area (TPSA) is 75.1 Å². The van der Waals surface area contributed by atoms with Gasteiger partial charge in [-0.3, -0.25) is 4.79 Å². The SMILES string of the molecule is Cc1ccc2c(C)c(CCC(=O)NCC(c3ccccc3)c3c[nH]c4ccccc34)c(=O)oc2c1. The molecular weight excluding hydrogens is 436 g/mol. The molecule has 2 heterocycles. The second kappa shape index (κ2) is 9.63. The molecule has 0 aliphatic heterocycles. The molecule has 3 aromatic carbocycles. The van der Waals surface area contributed by atoms with E-state index in [0.717, 1.165) is 38.5 Å². The highest BCUT2D eigenvalue weighted by Crippen LogP contribution is 2.30. The molecule has 2 aromatic heterocycles. The van der Waals surface area contributed by atoms with Crippen LogP contribution in [-0.4, -0.2) is 17.4 Å². The summed E-state index contributed by atoms with van der Waals surface area (Å²) in [6.45, 7) is 4.35. The molecule has 1 unspecified atom stereocenters. The van der Waals surface area contributed by atoms with E-state index in [-0.39, 0.29) is 23.9 Å². The number of hydrogen-bond donors (Lipinski definition) is 2. The molecule has 1 atom stereocenters. The molecule has 0 saturated carbocycles. The van der Waals surface area contributed by atoms with Crippen LogP contribution in [0.1, 0.15) is 40.2 Å². The Labute approximate surface area is 203 Å². The highest BCUT2D eigenvalue weighted by molar-refractivity contribution is 5.85. The van der Waals surface area contributed by atoms with Gasteiger partial charge in [-0.15, -0.1) is 0 Å². The van der Waals surface area contributed by atoms with Crippen molar-refractivity contribution in [3.05, 3.63) is 117 Å². The third kappa shape index (κ3) is 4.62. The van der Waals surface area contributed by atoms with Crippen LogP contribution in [-0.2, 0) is 11.2 Å². The molecule has 0 saturated heterocycles. The number of carbonyl (C=O) groups is 1. The van der Waals surface area contributed by atoms with Gasteiger partial charge in [0.15, 0.2) is 0 Å². The number of aromatic amines is 1. The second-order valence-corrected chi connectivity index (χ2v) is 9.05. The number of para-hydroxylation sites is 1. The lowest BCUT2D eigenvalue weighted by Crippen LogP contribution is -2.29. The van der Waals surface area contributed by atoms with E-state index in [9.17, 15) is 9.59 Å². The predicted molar refractivity (Wildman–Crippen MR) is 140 cm³/mol. The zero-order chi connectivity index (χ0) is 24.4. The lowest BCUT2D eigenvalue weighted by Gasteiger charge is -2.18. The molecule has 0 fully saturated rings. The lowest BCUT2D eigenvalue weighted by molar-refractivity contribution is -0.121. The first-order chi connectivity index (χ1) is 17.0. The van der Waals surface area contributed by atoms with E-state index >= 15 is 0 Å². The molecule has 35 heavy (non-hydrogen) atoms. The molecule has 0 bridgehead atoms. The van der Waals surface area contributed by atoms with Gasteiger partial charge in [0, 0.05) is 46.9 Å². The molecule has 5 heteroatoms. The number of aryl methyl sites for hydroxylation is 2. The third-order valence-corrected chi connectivity index (χ3v) is 6.75. The van der Waals surface area contributed by atoms with Crippen LogP contribution in [0.5, 0.6) is 0 Å². The van der Waals surface area contributed by atoms with Crippen molar-refractivity contribution in [2.45, 2.75) is 32.6 Å². The van der Waals surface area contributed by atoms with E-state index in [1.54, 1.807) is 0 Å². The molecule has 5 aromatic rings. The van der Waals surface area contributed by atoms with Gasteiger partial charge in [0.1, 0.15) is 5.58 Å². The van der Waals surface area contributed by atoms with Gasteiger partial charge in [-0.05, 0) is 54.7 Å². The van der Waals surface area contributed by atoms with Crippen molar-refractivity contribution in [3.63, 3.8) is 0 Å². The van der Waals surface area contributed by atoms with E-state index < -0.39 is 0 Å². The maximum absolute atomic E-state index is 12.9. The highest BCUT2D eigenvalue weighted by atomic mass is 16.4. The van der Waals surface area contributed by atoms with E-state index in [4.69, 9.17) is 4.42 Å². The van der Waals surface area contributed by atoms with Crippen LogP contribution < -0.4 is 10.9 Å². The van der Waals surface area contributed by atoms with Crippen LogP contribution in [0.15, 0.2) is 88.2 Å². The summed E-state index contributed by atoms with van der Waals surface area (Å²) in [5.74, 6) is -0.0828. The van der Waals surface area contributed by atoms with Gasteiger partial charge in [0.2, 0.25) is 5.91 Å². The van der Waals surface area contributed by atoms with Crippen molar-refractivity contribution < 1.29 is 9.21 Å². The van der Waals surface area contributed by atoms with E-state index in [1.165, 1.54) is 0 Å². The van der Waals surface area contributed by atoms with E-state index in [1.807, 2.05) is 68.6 Å². The fourth-order valence-corrected chi connectivity index (χ4v) is 4.81. The first-order valence-electron chi connectivity index (χ1n) is 11.9. The zero-order valence-corrected chi connectivity index (χ0v) is 19.9. The van der Waals surface area contributed by atoms with Gasteiger partial charge in [-0.25, -0.2) is 4.79 Å². The smallest absolute Gasteiger partial charge is 0.339 e. The minimum Gasteiger partial charge on any atom is -0.423 e.